The molecule has 0 aliphatic rings. The van der Waals surface area contributed by atoms with Crippen LogP contribution in [0.2, 0.25) is 0 Å². The highest BCUT2D eigenvalue weighted by molar-refractivity contribution is 6.04. The Hall–Kier alpha value is -3.58. The number of rotatable bonds is 13. The number of amides is 2. The number of aryl methyl sites for hydroxylation is 3. The van der Waals surface area contributed by atoms with Gasteiger partial charge in [0, 0.05) is 32.0 Å². The van der Waals surface area contributed by atoms with Gasteiger partial charge in [-0.2, -0.15) is 0 Å². The van der Waals surface area contributed by atoms with Gasteiger partial charge >= 0.3 is 0 Å². The lowest BCUT2D eigenvalue weighted by atomic mass is 9.96. The molecule has 0 saturated carbocycles. The average Bonchev–Trinajstić information content (AvgIpc) is 2.87. The molecule has 3 aromatic carbocycles. The Morgan fingerprint density at radius 1 is 0.917 bits per heavy atom. The van der Waals surface area contributed by atoms with E-state index in [1.165, 1.54) is 5.56 Å². The van der Waals surface area contributed by atoms with Gasteiger partial charge in [0.25, 0.3) is 5.91 Å². The highest BCUT2D eigenvalue weighted by Crippen LogP contribution is 2.32. The summed E-state index contributed by atoms with van der Waals surface area (Å²) in [7, 11) is 1.58. The van der Waals surface area contributed by atoms with Crippen LogP contribution in [-0.4, -0.2) is 50.3 Å². The molecule has 3 rings (SSSR count). The van der Waals surface area contributed by atoms with E-state index < -0.39 is 0 Å². The number of ether oxygens (including phenoxy) is 2. The lowest BCUT2D eigenvalue weighted by Crippen LogP contribution is -2.27. The minimum atomic E-state index is -0.334. The number of nitrogens with one attached hydrogen (secondary N) is 2. The molecule has 2 amide bonds. The van der Waals surface area contributed by atoms with Crippen LogP contribution >= 0.6 is 0 Å². The first-order valence-electron chi connectivity index (χ1n) is 12.4. The Balaban J connectivity index is 1.57. The van der Waals surface area contributed by atoms with Gasteiger partial charge in [0.1, 0.15) is 11.5 Å². The summed E-state index contributed by atoms with van der Waals surface area (Å²) in [6, 6.07) is 15.2. The molecule has 7 nitrogen and oxygen atoms in total. The molecule has 0 aliphatic heterocycles. The van der Waals surface area contributed by atoms with Gasteiger partial charge in [0.15, 0.2) is 0 Å². The van der Waals surface area contributed by atoms with Crippen LogP contribution in [0.4, 0.5) is 0 Å². The fraction of sp³-hybridized carbons (Fsp3) is 0.379. The third kappa shape index (κ3) is 7.46. The number of hydrogen-bond acceptors (Lipinski definition) is 5. The van der Waals surface area contributed by atoms with Gasteiger partial charge in [0.2, 0.25) is 5.91 Å². The van der Waals surface area contributed by atoms with Gasteiger partial charge in [0.05, 0.1) is 18.8 Å². The molecule has 0 fully saturated rings. The third-order valence-corrected chi connectivity index (χ3v) is 6.04. The van der Waals surface area contributed by atoms with E-state index >= 15 is 0 Å². The van der Waals surface area contributed by atoms with E-state index in [1.54, 1.807) is 19.2 Å². The maximum Gasteiger partial charge on any atom is 0.255 e. The zero-order chi connectivity index (χ0) is 25.9. The topological polar surface area (TPSA) is 96.9 Å². The summed E-state index contributed by atoms with van der Waals surface area (Å²) in [6.45, 7) is 6.03. The SMILES string of the molecule is COCCNC(=O)CCc1cc(C(=O)NCCCCOc2ccc(C)cc2C)c(O)c2ccccc12. The number of phenols is 1. The molecule has 0 saturated heterocycles. The van der Waals surface area contributed by atoms with Crippen molar-refractivity contribution in [2.24, 2.45) is 0 Å². The Morgan fingerprint density at radius 2 is 1.69 bits per heavy atom. The van der Waals surface area contributed by atoms with Crippen LogP contribution in [0.3, 0.4) is 0 Å². The summed E-state index contributed by atoms with van der Waals surface area (Å²) >= 11 is 0. The molecule has 0 spiro atoms. The fourth-order valence-corrected chi connectivity index (χ4v) is 4.11. The summed E-state index contributed by atoms with van der Waals surface area (Å²) < 4.78 is 10.8. The monoisotopic (exact) mass is 492 g/mol. The molecular weight excluding hydrogens is 456 g/mol. The van der Waals surface area contributed by atoms with Gasteiger partial charge in [-0.15, -0.1) is 0 Å². The smallest absolute Gasteiger partial charge is 0.255 e. The highest BCUT2D eigenvalue weighted by Gasteiger charge is 2.17. The van der Waals surface area contributed by atoms with Crippen LogP contribution in [0.25, 0.3) is 10.8 Å². The maximum atomic E-state index is 12.9. The van der Waals surface area contributed by atoms with Crippen LogP contribution in [0.1, 0.15) is 46.3 Å². The van der Waals surface area contributed by atoms with Crippen molar-refractivity contribution < 1.29 is 24.2 Å². The van der Waals surface area contributed by atoms with Gasteiger partial charge in [-0.3, -0.25) is 9.59 Å². The lowest BCUT2D eigenvalue weighted by Gasteiger charge is -2.14. The van der Waals surface area contributed by atoms with Crippen molar-refractivity contribution >= 4 is 22.6 Å². The Morgan fingerprint density at radius 3 is 2.44 bits per heavy atom. The first kappa shape index (κ1) is 27.0. The van der Waals surface area contributed by atoms with Crippen LogP contribution in [0, 0.1) is 13.8 Å². The van der Waals surface area contributed by atoms with E-state index in [4.69, 9.17) is 9.47 Å². The van der Waals surface area contributed by atoms with Gasteiger partial charge in [-0.05, 0) is 61.8 Å². The second-order valence-corrected chi connectivity index (χ2v) is 8.90. The molecule has 3 N–H and O–H groups in total. The number of aromatic hydroxyl groups is 1. The Labute approximate surface area is 212 Å². The zero-order valence-corrected chi connectivity index (χ0v) is 21.4. The van der Waals surface area contributed by atoms with E-state index in [-0.39, 0.29) is 29.5 Å². The van der Waals surface area contributed by atoms with Crippen molar-refractivity contribution in [2.45, 2.75) is 39.5 Å². The Kier molecular flexibility index (Phi) is 10.1. The molecule has 0 aliphatic carbocycles. The summed E-state index contributed by atoms with van der Waals surface area (Å²) in [5.41, 5.74) is 3.37. The number of benzene rings is 3. The summed E-state index contributed by atoms with van der Waals surface area (Å²) in [4.78, 5) is 25.1. The molecule has 0 radical (unpaired) electrons. The molecule has 7 heteroatoms. The van der Waals surface area contributed by atoms with Crippen molar-refractivity contribution in [3.63, 3.8) is 0 Å². The van der Waals surface area contributed by atoms with Gasteiger partial charge < -0.3 is 25.2 Å². The standard InChI is InChI=1S/C29H36N2O5/c1-20-10-12-26(21(2)18-20)36-16-7-6-14-31-29(34)25-19-22(11-13-27(32)30-15-17-35-3)23-8-4-5-9-24(23)28(25)33/h4-5,8-10,12,18-19,33H,6-7,11,13-17H2,1-3H3,(H,30,32)(H,31,34). The van der Waals surface area contributed by atoms with E-state index in [2.05, 4.69) is 23.6 Å². The molecule has 3 aromatic rings. The van der Waals surface area contributed by atoms with Crippen molar-refractivity contribution in [3.05, 3.63) is 70.8 Å². The molecule has 0 heterocycles. The fourth-order valence-electron chi connectivity index (χ4n) is 4.11. The van der Waals surface area contributed by atoms with Crippen molar-refractivity contribution in [1.82, 2.24) is 10.6 Å². The summed E-state index contributed by atoms with van der Waals surface area (Å²) in [5.74, 6) is 0.415. The molecule has 0 unspecified atom stereocenters. The number of phenolic OH excluding ortho intramolecular Hbond substituents is 1. The van der Waals surface area contributed by atoms with Crippen LogP contribution in [-0.2, 0) is 16.0 Å². The van der Waals surface area contributed by atoms with Crippen molar-refractivity contribution in [3.8, 4) is 11.5 Å². The first-order valence-corrected chi connectivity index (χ1v) is 12.4. The van der Waals surface area contributed by atoms with E-state index in [1.807, 2.05) is 37.3 Å². The van der Waals surface area contributed by atoms with Crippen molar-refractivity contribution in [2.75, 3.05) is 33.4 Å². The summed E-state index contributed by atoms with van der Waals surface area (Å²) in [6.07, 6.45) is 2.27. The van der Waals surface area contributed by atoms with Gasteiger partial charge in [-0.25, -0.2) is 0 Å². The quantitative estimate of drug-likeness (QED) is 0.307. The number of carbonyl (C=O) groups excluding carboxylic acids is 2. The second-order valence-electron chi connectivity index (χ2n) is 8.90. The molecule has 0 bridgehead atoms. The molecular formula is C29H36N2O5. The number of methoxy groups -OCH3 is 1. The third-order valence-electron chi connectivity index (χ3n) is 6.04. The minimum Gasteiger partial charge on any atom is -0.506 e. The van der Waals surface area contributed by atoms with E-state index in [0.29, 0.717) is 38.1 Å². The highest BCUT2D eigenvalue weighted by atomic mass is 16.5. The summed E-state index contributed by atoms with van der Waals surface area (Å²) in [5, 5.41) is 17.9. The van der Waals surface area contributed by atoms with Crippen LogP contribution < -0.4 is 15.4 Å². The van der Waals surface area contributed by atoms with Crippen LogP contribution in [0.5, 0.6) is 11.5 Å². The second kappa shape index (κ2) is 13.5. The predicted molar refractivity (Wildman–Crippen MR) is 142 cm³/mol. The first-order chi connectivity index (χ1) is 17.4. The van der Waals surface area contributed by atoms with E-state index in [0.717, 1.165) is 35.1 Å². The lowest BCUT2D eigenvalue weighted by molar-refractivity contribution is -0.121. The Bertz CT molecular complexity index is 1190. The number of carbonyl (C=O) groups is 2. The normalized spacial score (nSPS) is 10.9. The van der Waals surface area contributed by atoms with Gasteiger partial charge in [-0.1, -0.05) is 42.0 Å². The maximum absolute atomic E-state index is 12.9. The number of hydrogen-bond donors (Lipinski definition) is 3. The molecule has 0 atom stereocenters. The minimum absolute atomic E-state index is 0.0467. The number of fused-ring (bicyclic) bond motifs is 1. The molecule has 36 heavy (non-hydrogen) atoms. The zero-order valence-electron chi connectivity index (χ0n) is 21.4. The largest absolute Gasteiger partial charge is 0.506 e. The molecule has 0 aromatic heterocycles. The van der Waals surface area contributed by atoms with Crippen molar-refractivity contribution in [1.29, 1.82) is 0 Å². The number of unbranched alkanes of at least 4 members (excludes halogenated alkanes) is 1. The van der Waals surface area contributed by atoms with Crippen LogP contribution in [0.15, 0.2) is 48.5 Å². The average molecular weight is 493 g/mol. The molecule has 192 valence electrons. The predicted octanol–water partition coefficient (Wildman–Crippen LogP) is 4.45. The van der Waals surface area contributed by atoms with E-state index in [9.17, 15) is 14.7 Å².